The summed E-state index contributed by atoms with van der Waals surface area (Å²) in [5.41, 5.74) is 11.2. The summed E-state index contributed by atoms with van der Waals surface area (Å²) < 4.78 is 43.1. The van der Waals surface area contributed by atoms with Gasteiger partial charge in [0, 0.05) is 77.0 Å². The number of nitrogens with two attached hydrogens (primary N) is 2. The third-order valence-electron chi connectivity index (χ3n) is 20.1. The second kappa shape index (κ2) is 42.3. The molecule has 0 aromatic heterocycles. The Kier molecular flexibility index (Phi) is 35.2. The van der Waals surface area contributed by atoms with Crippen LogP contribution in [0.4, 0.5) is 19.7 Å². The lowest BCUT2D eigenvalue weighted by molar-refractivity contribution is -0.148. The SMILES string of the molecule is CC[C@H](C)[C@@H]([C@@H](CC(=O)N1C[C@@H](OC(=O)OCc2ccc(NC(=O)[C@H](CCCNC(N)=O)NC(=O)[C@@H](NC(=O)CCCCCN3C(=O)CC(SCC4(CC(N)=O)CC4)C3=O)C(C)C)cc2)C[C@H]1[C@H](OC)[C@@H](C)C(=O)NCC(=O)c1ccc(OC)c(F)c1)OC)N(C)C(=O)[C@@H](NC(=O)[C@H](C(C)C)N(C)C)C(C)C. The Morgan fingerprint density at radius 2 is 1.44 bits per heavy atom. The van der Waals surface area contributed by atoms with Crippen LogP contribution in [0.25, 0.3) is 0 Å². The van der Waals surface area contributed by atoms with E-state index in [4.69, 9.17) is 35.2 Å². The Balaban J connectivity index is 1.24. The molecule has 0 radical (unpaired) electrons. The second-order valence-electron chi connectivity index (χ2n) is 29.6. The number of likely N-dealkylation sites (tertiary alicyclic amines) is 2. The number of benzene rings is 2. The lowest BCUT2D eigenvalue weighted by Crippen LogP contribution is -2.59. The van der Waals surface area contributed by atoms with Crippen molar-refractivity contribution >= 4 is 94.5 Å². The van der Waals surface area contributed by atoms with E-state index < -0.39 is 132 Å². The number of primary amides is 2. The molecule has 2 aromatic carbocycles. The topological polar surface area (TPSA) is 405 Å². The zero-order chi connectivity index (χ0) is 79.7. The van der Waals surface area contributed by atoms with E-state index in [1.165, 1.54) is 72.1 Å². The van der Waals surface area contributed by atoms with Gasteiger partial charge in [-0.15, -0.1) is 11.8 Å². The molecule has 2 saturated heterocycles. The number of amides is 12. The van der Waals surface area contributed by atoms with Crippen molar-refractivity contribution in [1.82, 2.24) is 46.2 Å². The molecule has 1 saturated carbocycles. The molecule has 30 nitrogen and oxygen atoms in total. The van der Waals surface area contributed by atoms with Gasteiger partial charge in [0.2, 0.25) is 59.1 Å². The van der Waals surface area contributed by atoms with Gasteiger partial charge in [-0.2, -0.15) is 0 Å². The molecule has 0 bridgehead atoms. The number of ether oxygens (including phenoxy) is 5. The first-order chi connectivity index (χ1) is 50.5. The average Bonchev–Trinajstić information content (AvgIpc) is 1.72. The van der Waals surface area contributed by atoms with Crippen molar-refractivity contribution in [2.45, 2.75) is 212 Å². The summed E-state index contributed by atoms with van der Waals surface area (Å²) in [7, 11) is 9.26. The van der Waals surface area contributed by atoms with E-state index in [-0.39, 0.29) is 141 Å². The van der Waals surface area contributed by atoms with E-state index in [1.807, 2.05) is 41.5 Å². The number of Topliss-reactive ketones (excluding diaryl/α,β-unsaturated/α-hetero) is 1. The summed E-state index contributed by atoms with van der Waals surface area (Å²) in [6.07, 6.45) is -0.234. The van der Waals surface area contributed by atoms with Gasteiger partial charge in [0.25, 0.3) is 0 Å². The third-order valence-corrected chi connectivity index (χ3v) is 21.7. The molecule has 3 aliphatic rings. The summed E-state index contributed by atoms with van der Waals surface area (Å²) in [4.78, 5) is 181. The number of nitrogens with zero attached hydrogens (tertiary/aromatic N) is 4. The number of unbranched alkanes of at least 4 members (excludes halogenated alkanes) is 2. The molecule has 2 aromatic rings. The number of nitrogens with one attached hydrogen (secondary N) is 6. The Morgan fingerprint density at radius 3 is 2.01 bits per heavy atom. The predicted octanol–water partition coefficient (Wildman–Crippen LogP) is 5.20. The molecule has 0 spiro atoms. The van der Waals surface area contributed by atoms with Crippen molar-refractivity contribution in [2.75, 3.05) is 79.7 Å². The third kappa shape index (κ3) is 26.4. The van der Waals surface area contributed by atoms with Gasteiger partial charge >= 0.3 is 12.2 Å². The summed E-state index contributed by atoms with van der Waals surface area (Å²) in [5, 5.41) is 15.9. The normalized spacial score (nSPS) is 18.6. The minimum atomic E-state index is -1.17. The summed E-state index contributed by atoms with van der Waals surface area (Å²) in [6, 6.07) is 3.73. The van der Waals surface area contributed by atoms with E-state index in [0.29, 0.717) is 37.0 Å². The van der Waals surface area contributed by atoms with Crippen LogP contribution < -0.4 is 48.1 Å². The van der Waals surface area contributed by atoms with Crippen molar-refractivity contribution in [3.63, 3.8) is 0 Å². The van der Waals surface area contributed by atoms with Crippen molar-refractivity contribution in [1.29, 1.82) is 0 Å². The van der Waals surface area contributed by atoms with Crippen LogP contribution in [-0.2, 0) is 73.5 Å². The number of halogens is 1. The number of rotatable bonds is 45. The monoisotopic (exact) mass is 1520 g/mol. The first-order valence-electron chi connectivity index (χ1n) is 36.8. The number of ketones is 1. The molecular weight excluding hydrogens is 1410 g/mol. The molecule has 107 heavy (non-hydrogen) atoms. The zero-order valence-electron chi connectivity index (χ0n) is 64.7. The first kappa shape index (κ1) is 89.1. The number of hydrogen-bond acceptors (Lipinski definition) is 20. The fourth-order valence-electron chi connectivity index (χ4n) is 13.7. The highest BCUT2D eigenvalue weighted by Crippen LogP contribution is 2.52. The van der Waals surface area contributed by atoms with Crippen LogP contribution >= 0.6 is 11.8 Å². The maximum absolute atomic E-state index is 15.1. The molecule has 32 heteroatoms. The quantitative estimate of drug-likeness (QED) is 0.0183. The fourth-order valence-corrected chi connectivity index (χ4v) is 15.2. The number of urea groups is 1. The summed E-state index contributed by atoms with van der Waals surface area (Å²) >= 11 is 1.39. The van der Waals surface area contributed by atoms with Gasteiger partial charge in [-0.1, -0.05) is 87.3 Å². The van der Waals surface area contributed by atoms with Crippen LogP contribution in [-0.4, -0.2) is 231 Å². The number of thioether (sulfide) groups is 1. The van der Waals surface area contributed by atoms with Crippen LogP contribution in [0.5, 0.6) is 5.75 Å². The molecule has 2 aliphatic heterocycles. The number of imide groups is 1. The lowest BCUT2D eigenvalue weighted by Gasteiger charge is -2.41. The Morgan fingerprint density at radius 1 is 0.766 bits per heavy atom. The Labute approximate surface area is 631 Å². The second-order valence-corrected chi connectivity index (χ2v) is 30.8. The molecular formula is C75H115FN12O18S. The maximum atomic E-state index is 15.1. The molecule has 12 atom stereocenters. The van der Waals surface area contributed by atoms with Gasteiger partial charge < -0.3 is 76.9 Å². The van der Waals surface area contributed by atoms with Gasteiger partial charge in [-0.25, -0.2) is 14.0 Å². The maximum Gasteiger partial charge on any atom is 0.508 e. The van der Waals surface area contributed by atoms with Gasteiger partial charge in [0.1, 0.15) is 30.8 Å². The molecule has 10 N–H and O–H groups in total. The average molecular weight is 1520 g/mol. The Bertz CT molecular complexity index is 3410. The molecule has 5 rings (SSSR count). The van der Waals surface area contributed by atoms with Gasteiger partial charge in [-0.3, -0.25) is 62.5 Å². The number of carbonyl (C=O) groups is 13. The smallest absolute Gasteiger partial charge is 0.494 e. The van der Waals surface area contributed by atoms with Gasteiger partial charge in [0.15, 0.2) is 17.3 Å². The zero-order valence-corrected chi connectivity index (χ0v) is 65.5. The number of anilines is 1. The van der Waals surface area contributed by atoms with Gasteiger partial charge in [-0.05, 0) is 118 Å². The predicted molar refractivity (Wildman–Crippen MR) is 398 cm³/mol. The standard InChI is InChI=1S/C75H115FN12O18S/c1-16-45(8)65(86(12)72(99)63(43(4)5)84-70(97)64(44(6)7)85(10)11)56(103-14)35-60(92)88-39-50(34-53(88)66(104-15)46(9)67(94)80-38-54(89)48-25-28-55(102-13)51(76)33-48)106-74(101)105-40-47-23-26-49(27-24-47)81-68(95)52(21-20-31-79-73(78)100)82-69(96)62(42(2)3)83-59(91)22-18-17-19-32-87-61(93)36-57(71(87)98)107-41-75(29-30-75)37-58(77)90/h23-28,33,42-46,50,52-53,56-57,62-66H,16-22,29-32,34-41H2,1-15H3,(H2,77,90)(H,80,94)(H,81,95)(H,82,96)(H,83,91)(H,84,97)(H3,78,79,100)/t45-,46+,50-,52-,53-,56+,57?,62-,63-,64-,65-,66+/m0/s1. The molecule has 1 aliphatic carbocycles. The number of methoxy groups -OCH3 is 3. The van der Waals surface area contributed by atoms with Crippen LogP contribution in [0.3, 0.4) is 0 Å². The highest BCUT2D eigenvalue weighted by Gasteiger charge is 2.49. The van der Waals surface area contributed by atoms with Crippen LogP contribution in [0.2, 0.25) is 0 Å². The molecule has 3 fully saturated rings. The Hall–Kier alpha value is -8.49. The van der Waals surface area contributed by atoms with Crippen molar-refractivity contribution in [3.05, 3.63) is 59.4 Å². The van der Waals surface area contributed by atoms with Crippen molar-refractivity contribution in [2.24, 2.45) is 46.5 Å². The van der Waals surface area contributed by atoms with Crippen LogP contribution in [0, 0.1) is 40.8 Å². The number of likely N-dealkylation sites (N-methyl/N-ethyl adjacent to an activating group) is 2. The summed E-state index contributed by atoms with van der Waals surface area (Å²) in [6.45, 7) is 15.6. The van der Waals surface area contributed by atoms with Crippen LogP contribution in [0.1, 0.15) is 162 Å². The van der Waals surface area contributed by atoms with Crippen molar-refractivity contribution in [3.8, 4) is 5.75 Å². The first-order valence-corrected chi connectivity index (χ1v) is 37.9. The van der Waals surface area contributed by atoms with E-state index in [0.717, 1.165) is 18.9 Å². The lowest BCUT2D eigenvalue weighted by atomic mass is 9.89. The summed E-state index contributed by atoms with van der Waals surface area (Å²) in [5.74, 6) is -7.45. The van der Waals surface area contributed by atoms with Crippen molar-refractivity contribution < 1.29 is 90.4 Å². The van der Waals surface area contributed by atoms with E-state index in [1.54, 1.807) is 58.9 Å². The molecule has 596 valence electrons. The number of carbonyl (C=O) groups excluding carboxylic acids is 13. The van der Waals surface area contributed by atoms with E-state index in [9.17, 15) is 61.9 Å². The van der Waals surface area contributed by atoms with Crippen LogP contribution in [0.15, 0.2) is 42.5 Å². The number of hydrogen-bond donors (Lipinski definition) is 8. The fraction of sp³-hybridized carbons (Fsp3) is 0.667. The largest absolute Gasteiger partial charge is 0.508 e. The molecule has 2 heterocycles. The molecule has 1 unspecified atom stereocenters. The highest BCUT2D eigenvalue weighted by atomic mass is 32.2. The molecule has 12 amide bonds. The highest BCUT2D eigenvalue weighted by molar-refractivity contribution is 8.00. The van der Waals surface area contributed by atoms with E-state index in [2.05, 4.69) is 31.9 Å². The minimum absolute atomic E-state index is 0.0177. The van der Waals surface area contributed by atoms with E-state index >= 15 is 4.79 Å². The minimum Gasteiger partial charge on any atom is -0.494 e. The van der Waals surface area contributed by atoms with Gasteiger partial charge in [0.05, 0.1) is 68.1 Å².